The molecule has 1 aromatic carbocycles. The maximum Gasteiger partial charge on any atom is 0.118 e. The molecule has 2 nitrogen and oxygen atoms in total. The Kier molecular flexibility index (Phi) is 4.55. The van der Waals surface area contributed by atoms with Gasteiger partial charge in [0.1, 0.15) is 10.4 Å². The molecule has 0 radical (unpaired) electrons. The highest BCUT2D eigenvalue weighted by Gasteiger charge is 2.01. The van der Waals surface area contributed by atoms with Crippen molar-refractivity contribution in [2.24, 2.45) is 0 Å². The van der Waals surface area contributed by atoms with Crippen LogP contribution in [0.25, 0.3) is 10.6 Å². The van der Waals surface area contributed by atoms with E-state index in [1.165, 1.54) is 0 Å². The van der Waals surface area contributed by atoms with Crippen LogP contribution in [-0.4, -0.2) is 12.1 Å². The molecule has 2 rings (SSSR count). The highest BCUT2D eigenvalue weighted by molar-refractivity contribution is 9.15. The van der Waals surface area contributed by atoms with E-state index in [0.717, 1.165) is 26.0 Å². The van der Waals surface area contributed by atoms with E-state index in [4.69, 9.17) is 4.74 Å². The van der Waals surface area contributed by atoms with E-state index < -0.39 is 0 Å². The Morgan fingerprint density at radius 2 is 1.94 bits per heavy atom. The molecule has 0 bridgehead atoms. The maximum atomic E-state index is 5.13. The monoisotopic (exact) mass is 367 g/mol. The van der Waals surface area contributed by atoms with E-state index >= 15 is 0 Å². The van der Waals surface area contributed by atoms with Crippen molar-refractivity contribution in [1.82, 2.24) is 4.98 Å². The zero-order chi connectivity index (χ0) is 13.0. The third-order valence-corrected chi connectivity index (χ3v) is 3.79. The Labute approximate surface area is 123 Å². The fraction of sp³-hybridized carbons (Fsp3) is 0.0714. The van der Waals surface area contributed by atoms with Crippen molar-refractivity contribution in [2.75, 3.05) is 7.11 Å². The summed E-state index contributed by atoms with van der Waals surface area (Å²) >= 11 is 7.00. The lowest BCUT2D eigenvalue weighted by atomic mass is 10.1. The number of aromatic nitrogens is 1. The van der Waals surface area contributed by atoms with Gasteiger partial charge in [-0.15, -0.1) is 0 Å². The van der Waals surface area contributed by atoms with Crippen molar-refractivity contribution in [2.45, 2.75) is 0 Å². The minimum absolute atomic E-state index is 0.829. The number of halogens is 2. The minimum atomic E-state index is 0.829. The third-order valence-electron chi connectivity index (χ3n) is 2.44. The molecule has 0 saturated heterocycles. The molecule has 2 aromatic rings. The van der Waals surface area contributed by atoms with Crippen LogP contribution in [0.15, 0.2) is 47.2 Å². The first-order chi connectivity index (χ1) is 8.70. The fourth-order valence-corrected chi connectivity index (χ4v) is 2.35. The van der Waals surface area contributed by atoms with E-state index in [2.05, 4.69) is 36.8 Å². The van der Waals surface area contributed by atoms with Crippen molar-refractivity contribution in [3.63, 3.8) is 0 Å². The second kappa shape index (κ2) is 6.16. The lowest BCUT2D eigenvalue weighted by Crippen LogP contribution is -1.84. The summed E-state index contributed by atoms with van der Waals surface area (Å²) in [5.74, 6) is 0.849. The predicted molar refractivity (Wildman–Crippen MR) is 81.7 cm³/mol. The molecule has 0 fully saturated rings. The molecular formula is C14H11Br2NO. The number of hydrogen-bond acceptors (Lipinski definition) is 2. The quantitative estimate of drug-likeness (QED) is 0.729. The van der Waals surface area contributed by atoms with Crippen LogP contribution in [0.4, 0.5) is 0 Å². The van der Waals surface area contributed by atoms with Crippen molar-refractivity contribution in [1.29, 1.82) is 0 Å². The largest absolute Gasteiger partial charge is 0.497 e. The molecule has 0 aliphatic rings. The summed E-state index contributed by atoms with van der Waals surface area (Å²) in [4.78, 5) is 4.18. The molecule has 0 saturated carbocycles. The Morgan fingerprint density at radius 3 is 2.56 bits per heavy atom. The number of methoxy groups -OCH3 is 1. The molecule has 1 heterocycles. The molecule has 0 amide bonds. The van der Waals surface area contributed by atoms with Gasteiger partial charge in [0.05, 0.1) is 7.11 Å². The van der Waals surface area contributed by atoms with Gasteiger partial charge in [0.15, 0.2) is 0 Å². The predicted octanol–water partition coefficient (Wildman–Crippen LogP) is 4.75. The molecule has 0 unspecified atom stereocenters. The summed E-state index contributed by atoms with van der Waals surface area (Å²) in [6.45, 7) is 0. The number of hydrogen-bond donors (Lipinski definition) is 0. The first-order valence-corrected chi connectivity index (χ1v) is 6.91. The second-order valence-corrected chi connectivity index (χ2v) is 5.21. The van der Waals surface area contributed by atoms with Crippen LogP contribution in [-0.2, 0) is 0 Å². The van der Waals surface area contributed by atoms with Gasteiger partial charge in [-0.05, 0) is 45.8 Å². The standard InChI is InChI=1S/C14H11Br2NO/c1-18-12-6-4-10(5-7-12)13(15)9-11-3-2-8-17-14(11)16/h2-9H,1H3/b13-9-. The molecule has 0 spiro atoms. The summed E-state index contributed by atoms with van der Waals surface area (Å²) in [7, 11) is 1.66. The van der Waals surface area contributed by atoms with Gasteiger partial charge in [-0.25, -0.2) is 4.98 Å². The fourth-order valence-electron chi connectivity index (χ4n) is 1.48. The van der Waals surface area contributed by atoms with E-state index in [-0.39, 0.29) is 0 Å². The van der Waals surface area contributed by atoms with Crippen LogP contribution in [0.3, 0.4) is 0 Å². The Hall–Kier alpha value is -1.13. The van der Waals surface area contributed by atoms with Crippen LogP contribution in [0.1, 0.15) is 11.1 Å². The first kappa shape index (κ1) is 13.3. The van der Waals surface area contributed by atoms with Gasteiger partial charge >= 0.3 is 0 Å². The lowest BCUT2D eigenvalue weighted by molar-refractivity contribution is 0.415. The SMILES string of the molecule is COc1ccc(/C(Br)=C/c2cccnc2Br)cc1. The van der Waals surface area contributed by atoms with Gasteiger partial charge < -0.3 is 4.74 Å². The van der Waals surface area contributed by atoms with Gasteiger partial charge in [-0.1, -0.05) is 34.1 Å². The van der Waals surface area contributed by atoms with Crippen LogP contribution in [0.2, 0.25) is 0 Å². The van der Waals surface area contributed by atoms with Crippen LogP contribution >= 0.6 is 31.9 Å². The Balaban J connectivity index is 2.30. The van der Waals surface area contributed by atoms with Crippen LogP contribution in [0.5, 0.6) is 5.75 Å². The number of ether oxygens (including phenoxy) is 1. The molecular weight excluding hydrogens is 358 g/mol. The Morgan fingerprint density at radius 1 is 1.22 bits per heavy atom. The summed E-state index contributed by atoms with van der Waals surface area (Å²) < 4.78 is 6.96. The molecule has 92 valence electrons. The maximum absolute atomic E-state index is 5.13. The average Bonchev–Trinajstić information content (AvgIpc) is 2.41. The van der Waals surface area contributed by atoms with Gasteiger partial charge in [-0.2, -0.15) is 0 Å². The van der Waals surface area contributed by atoms with E-state index in [9.17, 15) is 0 Å². The second-order valence-electron chi connectivity index (χ2n) is 3.60. The highest BCUT2D eigenvalue weighted by atomic mass is 79.9. The third kappa shape index (κ3) is 3.21. The normalized spacial score (nSPS) is 11.4. The summed E-state index contributed by atoms with van der Waals surface area (Å²) in [6, 6.07) is 11.8. The molecule has 1 aromatic heterocycles. The van der Waals surface area contributed by atoms with Crippen LogP contribution < -0.4 is 4.74 Å². The molecule has 18 heavy (non-hydrogen) atoms. The van der Waals surface area contributed by atoms with Crippen LogP contribution in [0, 0.1) is 0 Å². The van der Waals surface area contributed by atoms with Gasteiger partial charge in [0, 0.05) is 16.2 Å². The average molecular weight is 369 g/mol. The van der Waals surface area contributed by atoms with E-state index in [1.807, 2.05) is 42.5 Å². The Bertz CT molecular complexity index is 564. The molecule has 0 aliphatic carbocycles. The van der Waals surface area contributed by atoms with Crippen molar-refractivity contribution in [3.8, 4) is 5.75 Å². The van der Waals surface area contributed by atoms with Gasteiger partial charge in [-0.3, -0.25) is 0 Å². The van der Waals surface area contributed by atoms with E-state index in [0.29, 0.717) is 0 Å². The molecule has 0 atom stereocenters. The first-order valence-electron chi connectivity index (χ1n) is 5.33. The minimum Gasteiger partial charge on any atom is -0.497 e. The number of nitrogens with zero attached hydrogens (tertiary/aromatic N) is 1. The molecule has 0 N–H and O–H groups in total. The summed E-state index contributed by atoms with van der Waals surface area (Å²) in [6.07, 6.45) is 3.78. The molecule has 0 aliphatic heterocycles. The lowest BCUT2D eigenvalue weighted by Gasteiger charge is -2.03. The summed E-state index contributed by atoms with van der Waals surface area (Å²) in [5.41, 5.74) is 2.12. The zero-order valence-corrected chi connectivity index (χ0v) is 12.9. The molecule has 4 heteroatoms. The van der Waals surface area contributed by atoms with Crippen molar-refractivity contribution >= 4 is 42.4 Å². The number of rotatable bonds is 3. The number of pyridine rings is 1. The topological polar surface area (TPSA) is 22.1 Å². The summed E-state index contributed by atoms with van der Waals surface area (Å²) in [5, 5.41) is 0. The van der Waals surface area contributed by atoms with Crippen molar-refractivity contribution in [3.05, 3.63) is 58.3 Å². The zero-order valence-electron chi connectivity index (χ0n) is 9.73. The van der Waals surface area contributed by atoms with Gasteiger partial charge in [0.2, 0.25) is 0 Å². The van der Waals surface area contributed by atoms with Gasteiger partial charge in [0.25, 0.3) is 0 Å². The smallest absolute Gasteiger partial charge is 0.118 e. The number of benzene rings is 1. The van der Waals surface area contributed by atoms with Crippen molar-refractivity contribution < 1.29 is 4.74 Å². The highest BCUT2D eigenvalue weighted by Crippen LogP contribution is 2.27. The van der Waals surface area contributed by atoms with E-state index in [1.54, 1.807) is 13.3 Å².